The number of anilines is 2. The largest absolute Gasteiger partial charge is 0.343 e. The number of halogens is 3. The summed E-state index contributed by atoms with van der Waals surface area (Å²) in [7, 11) is 0. The predicted octanol–water partition coefficient (Wildman–Crippen LogP) is 6.10. The van der Waals surface area contributed by atoms with E-state index in [0.29, 0.717) is 33.6 Å². The van der Waals surface area contributed by atoms with Gasteiger partial charge in [0, 0.05) is 40.2 Å². The van der Waals surface area contributed by atoms with Gasteiger partial charge in [0.05, 0.1) is 10.0 Å². The number of aromatic nitrogens is 1. The molecule has 2 N–H and O–H groups in total. The third kappa shape index (κ3) is 4.04. The first-order valence-corrected chi connectivity index (χ1v) is 9.88. The smallest absolute Gasteiger partial charge is 0.255 e. The molecule has 1 aliphatic heterocycles. The second-order valence-corrected chi connectivity index (χ2v) is 7.88. The van der Waals surface area contributed by atoms with Gasteiger partial charge in [-0.2, -0.15) is 0 Å². The minimum absolute atomic E-state index is 0.171. The summed E-state index contributed by atoms with van der Waals surface area (Å²) in [5.74, 6) is 0.534. The van der Waals surface area contributed by atoms with Gasteiger partial charge in [0.25, 0.3) is 5.91 Å². The Balaban J connectivity index is 1.53. The molecular formula is C20H13BrCl2N4O. The molecule has 8 heteroatoms. The fourth-order valence-corrected chi connectivity index (χ4v) is 3.55. The molecule has 2 aromatic carbocycles. The van der Waals surface area contributed by atoms with Gasteiger partial charge < -0.3 is 10.6 Å². The lowest BCUT2D eigenvalue weighted by molar-refractivity contribution is 0.102. The van der Waals surface area contributed by atoms with Crippen LogP contribution < -0.4 is 10.6 Å². The molecule has 28 heavy (non-hydrogen) atoms. The number of nitrogens with zero attached hydrogens (tertiary/aromatic N) is 2. The number of fused-ring (bicyclic) bond motifs is 1. The Labute approximate surface area is 179 Å². The van der Waals surface area contributed by atoms with E-state index in [1.807, 2.05) is 36.4 Å². The lowest BCUT2D eigenvalue weighted by Crippen LogP contribution is -2.11. The maximum absolute atomic E-state index is 12.5. The van der Waals surface area contributed by atoms with Crippen LogP contribution in [0.3, 0.4) is 0 Å². The lowest BCUT2D eigenvalue weighted by atomic mass is 10.1. The maximum Gasteiger partial charge on any atom is 0.255 e. The number of benzene rings is 2. The van der Waals surface area contributed by atoms with E-state index in [2.05, 4.69) is 36.5 Å². The average molecular weight is 476 g/mol. The molecule has 1 amide bonds. The Kier molecular flexibility index (Phi) is 5.35. The highest BCUT2D eigenvalue weighted by Gasteiger charge is 2.19. The molecule has 0 unspecified atom stereocenters. The standard InChI is InChI=1S/C20H13BrCl2N4O/c21-13-2-4-14(5-3-13)25-20(28)11-1-6-17-12(7-11)8-18(26-17)27-19-15(22)9-24-10-16(19)23/h1-7,9-10H,8H2,(H,25,28)(H,24,26,27). The number of hydrogen-bond acceptors (Lipinski definition) is 3. The fourth-order valence-electron chi connectivity index (χ4n) is 2.83. The van der Waals surface area contributed by atoms with Crippen molar-refractivity contribution in [2.45, 2.75) is 6.42 Å². The second kappa shape index (κ2) is 7.91. The van der Waals surface area contributed by atoms with Gasteiger partial charge in [0.1, 0.15) is 11.5 Å². The molecule has 0 saturated carbocycles. The van der Waals surface area contributed by atoms with Crippen molar-refractivity contribution in [1.29, 1.82) is 0 Å². The number of rotatable bonds is 3. The van der Waals surface area contributed by atoms with Crippen LogP contribution >= 0.6 is 39.1 Å². The summed E-state index contributed by atoms with van der Waals surface area (Å²) >= 11 is 15.6. The Morgan fingerprint density at radius 3 is 2.54 bits per heavy atom. The summed E-state index contributed by atoms with van der Waals surface area (Å²) in [6, 6.07) is 12.9. The molecule has 5 nitrogen and oxygen atoms in total. The zero-order chi connectivity index (χ0) is 19.7. The van der Waals surface area contributed by atoms with Crippen LogP contribution in [-0.4, -0.2) is 16.7 Å². The van der Waals surface area contributed by atoms with Crippen LogP contribution in [0.25, 0.3) is 0 Å². The summed E-state index contributed by atoms with van der Waals surface area (Å²) in [5, 5.41) is 6.89. The van der Waals surface area contributed by atoms with E-state index in [1.165, 1.54) is 12.4 Å². The van der Waals surface area contributed by atoms with Gasteiger partial charge in [-0.25, -0.2) is 4.99 Å². The number of pyridine rings is 1. The summed E-state index contributed by atoms with van der Waals surface area (Å²) < 4.78 is 0.954. The third-order valence-corrected chi connectivity index (χ3v) is 5.26. The SMILES string of the molecule is O=C(Nc1ccc(Br)cc1)c1ccc2c(c1)CC(=Nc1c(Cl)cncc1Cl)N2. The maximum atomic E-state index is 12.5. The molecule has 0 spiro atoms. The van der Waals surface area contributed by atoms with Crippen LogP contribution in [0.5, 0.6) is 0 Å². The summed E-state index contributed by atoms with van der Waals surface area (Å²) in [4.78, 5) is 21.0. The van der Waals surface area contributed by atoms with Crippen LogP contribution in [0.1, 0.15) is 15.9 Å². The highest BCUT2D eigenvalue weighted by atomic mass is 79.9. The Hall–Kier alpha value is -2.41. The number of amidine groups is 1. The molecule has 0 fully saturated rings. The first-order chi connectivity index (χ1) is 13.5. The summed E-state index contributed by atoms with van der Waals surface area (Å²) in [6.07, 6.45) is 3.54. The van der Waals surface area contributed by atoms with Gasteiger partial charge in [-0.15, -0.1) is 0 Å². The van der Waals surface area contributed by atoms with E-state index in [9.17, 15) is 4.79 Å². The average Bonchev–Trinajstić information content (AvgIpc) is 3.08. The van der Waals surface area contributed by atoms with E-state index in [0.717, 1.165) is 21.4 Å². The summed E-state index contributed by atoms with van der Waals surface area (Å²) in [5.41, 5.74) is 3.66. The van der Waals surface area contributed by atoms with Gasteiger partial charge in [-0.3, -0.25) is 9.78 Å². The predicted molar refractivity (Wildman–Crippen MR) is 117 cm³/mol. The molecular weight excluding hydrogens is 463 g/mol. The van der Waals surface area contributed by atoms with Crippen molar-refractivity contribution >= 4 is 67.9 Å². The molecule has 0 atom stereocenters. The zero-order valence-electron chi connectivity index (χ0n) is 14.3. The van der Waals surface area contributed by atoms with E-state index in [-0.39, 0.29) is 5.91 Å². The number of carbonyl (C=O) groups excluding carboxylic acids is 1. The van der Waals surface area contributed by atoms with Gasteiger partial charge in [-0.05, 0) is 48.0 Å². The number of hydrogen-bond donors (Lipinski definition) is 2. The molecule has 140 valence electrons. The van der Waals surface area contributed by atoms with Crippen LogP contribution in [0.4, 0.5) is 17.1 Å². The molecule has 1 aliphatic rings. The van der Waals surface area contributed by atoms with Crippen LogP contribution in [-0.2, 0) is 6.42 Å². The number of nitrogens with one attached hydrogen (secondary N) is 2. The van der Waals surface area contributed by atoms with Crippen molar-refractivity contribution in [1.82, 2.24) is 4.98 Å². The van der Waals surface area contributed by atoms with Crippen molar-refractivity contribution in [2.75, 3.05) is 10.6 Å². The van der Waals surface area contributed by atoms with Crippen LogP contribution in [0, 0.1) is 0 Å². The molecule has 1 aromatic heterocycles. The number of aliphatic imine (C=N–C) groups is 1. The van der Waals surface area contributed by atoms with Gasteiger partial charge in [0.15, 0.2) is 0 Å². The quantitative estimate of drug-likeness (QED) is 0.480. The van der Waals surface area contributed by atoms with E-state index >= 15 is 0 Å². The van der Waals surface area contributed by atoms with Crippen LogP contribution in [0.2, 0.25) is 10.0 Å². The van der Waals surface area contributed by atoms with Gasteiger partial charge >= 0.3 is 0 Å². The van der Waals surface area contributed by atoms with Crippen molar-refractivity contribution in [3.8, 4) is 0 Å². The molecule has 3 aromatic rings. The molecule has 4 rings (SSSR count). The normalized spacial score (nSPS) is 13.9. The van der Waals surface area contributed by atoms with Gasteiger partial charge in [-0.1, -0.05) is 39.1 Å². The van der Waals surface area contributed by atoms with Crippen LogP contribution in [0.15, 0.2) is 64.3 Å². The van der Waals surface area contributed by atoms with Crippen molar-refractivity contribution in [3.63, 3.8) is 0 Å². The van der Waals surface area contributed by atoms with E-state index in [4.69, 9.17) is 23.2 Å². The first-order valence-electron chi connectivity index (χ1n) is 8.33. The molecule has 2 heterocycles. The van der Waals surface area contributed by atoms with Crippen molar-refractivity contribution in [3.05, 3.63) is 80.5 Å². The third-order valence-electron chi connectivity index (χ3n) is 4.18. The Morgan fingerprint density at radius 2 is 1.82 bits per heavy atom. The zero-order valence-corrected chi connectivity index (χ0v) is 17.4. The minimum Gasteiger partial charge on any atom is -0.343 e. The number of amides is 1. The van der Waals surface area contributed by atoms with Gasteiger partial charge in [0.2, 0.25) is 0 Å². The highest BCUT2D eigenvalue weighted by molar-refractivity contribution is 9.10. The minimum atomic E-state index is -0.171. The second-order valence-electron chi connectivity index (χ2n) is 6.14. The first kappa shape index (κ1) is 18.9. The highest BCUT2D eigenvalue weighted by Crippen LogP contribution is 2.33. The molecule has 0 aliphatic carbocycles. The number of carbonyl (C=O) groups is 1. The Morgan fingerprint density at radius 1 is 1.11 bits per heavy atom. The Bertz CT molecular complexity index is 1080. The van der Waals surface area contributed by atoms with Crippen molar-refractivity contribution < 1.29 is 4.79 Å². The fraction of sp³-hybridized carbons (Fsp3) is 0.0500. The molecule has 0 saturated heterocycles. The molecule has 0 bridgehead atoms. The monoisotopic (exact) mass is 474 g/mol. The van der Waals surface area contributed by atoms with E-state index in [1.54, 1.807) is 6.07 Å². The van der Waals surface area contributed by atoms with E-state index < -0.39 is 0 Å². The van der Waals surface area contributed by atoms with Crippen molar-refractivity contribution in [2.24, 2.45) is 4.99 Å². The molecule has 0 radical (unpaired) electrons. The topological polar surface area (TPSA) is 66.4 Å². The lowest BCUT2D eigenvalue weighted by Gasteiger charge is -2.07. The summed E-state index contributed by atoms with van der Waals surface area (Å²) in [6.45, 7) is 0.